The molecule has 2 aromatic heterocycles. The third kappa shape index (κ3) is 1.44. The average molecular weight is 194 g/mol. The summed E-state index contributed by atoms with van der Waals surface area (Å²) in [5, 5.41) is 0. The summed E-state index contributed by atoms with van der Waals surface area (Å²) in [5.74, 6) is 0. The maximum absolute atomic E-state index is 4.57. The summed E-state index contributed by atoms with van der Waals surface area (Å²) in [4.78, 5) is 8.86. The van der Waals surface area contributed by atoms with E-state index in [2.05, 4.69) is 28.2 Å². The highest BCUT2D eigenvalue weighted by atomic mass is 14.8. The van der Waals surface area contributed by atoms with Crippen molar-refractivity contribution in [2.24, 2.45) is 0 Å². The van der Waals surface area contributed by atoms with Gasteiger partial charge in [-0.1, -0.05) is 18.2 Å². The van der Waals surface area contributed by atoms with E-state index >= 15 is 0 Å². The van der Waals surface area contributed by atoms with Crippen LogP contribution in [-0.4, -0.2) is 9.97 Å². The molecule has 2 heteroatoms. The Morgan fingerprint density at radius 2 is 2.00 bits per heavy atom. The van der Waals surface area contributed by atoms with E-state index in [4.69, 9.17) is 0 Å². The molecular weight excluding hydrogens is 184 g/mol. The molecule has 0 radical (unpaired) electrons. The smallest absolute Gasteiger partial charge is 0.0893 e. The molecule has 1 aliphatic carbocycles. The lowest BCUT2D eigenvalue weighted by molar-refractivity contribution is 1.19. The second-order valence-electron chi connectivity index (χ2n) is 3.56. The quantitative estimate of drug-likeness (QED) is 0.697. The maximum atomic E-state index is 4.57. The minimum absolute atomic E-state index is 0.931. The summed E-state index contributed by atoms with van der Waals surface area (Å²) >= 11 is 0. The van der Waals surface area contributed by atoms with Crippen molar-refractivity contribution in [3.8, 4) is 11.4 Å². The molecule has 0 aromatic carbocycles. The van der Waals surface area contributed by atoms with Gasteiger partial charge < -0.3 is 0 Å². The molecule has 0 atom stereocenters. The third-order valence-corrected chi connectivity index (χ3v) is 2.55. The number of pyridine rings is 2. The van der Waals surface area contributed by atoms with Crippen LogP contribution in [0.15, 0.2) is 42.6 Å². The summed E-state index contributed by atoms with van der Waals surface area (Å²) in [6.45, 7) is 0. The van der Waals surface area contributed by atoms with Gasteiger partial charge in [-0.3, -0.25) is 4.98 Å². The molecule has 72 valence electrons. The fraction of sp³-hybridized carbons (Fsp3) is 0.0769. The molecule has 0 amide bonds. The number of nitrogens with zero attached hydrogens (tertiary/aromatic N) is 2. The van der Waals surface area contributed by atoms with Gasteiger partial charge in [-0.2, -0.15) is 0 Å². The van der Waals surface area contributed by atoms with Gasteiger partial charge in [0.25, 0.3) is 0 Å². The molecule has 0 saturated heterocycles. The Hall–Kier alpha value is -1.96. The minimum Gasteiger partial charge on any atom is -0.255 e. The van der Waals surface area contributed by atoms with Crippen molar-refractivity contribution >= 4 is 6.08 Å². The molecule has 3 rings (SSSR count). The van der Waals surface area contributed by atoms with Crippen LogP contribution in [0, 0.1) is 0 Å². The van der Waals surface area contributed by atoms with Gasteiger partial charge in [-0.15, -0.1) is 0 Å². The van der Waals surface area contributed by atoms with Crippen molar-refractivity contribution in [3.05, 3.63) is 53.9 Å². The van der Waals surface area contributed by atoms with Gasteiger partial charge in [0, 0.05) is 6.20 Å². The first kappa shape index (κ1) is 8.36. The highest BCUT2D eigenvalue weighted by Gasteiger charge is 2.08. The van der Waals surface area contributed by atoms with Gasteiger partial charge in [0.1, 0.15) is 0 Å². The van der Waals surface area contributed by atoms with Crippen LogP contribution in [0.4, 0.5) is 0 Å². The summed E-state index contributed by atoms with van der Waals surface area (Å²) in [6, 6.07) is 10.0. The Kier molecular flexibility index (Phi) is 1.85. The Morgan fingerprint density at radius 1 is 1.00 bits per heavy atom. The van der Waals surface area contributed by atoms with Crippen LogP contribution in [0.2, 0.25) is 0 Å². The number of hydrogen-bond acceptors (Lipinski definition) is 2. The lowest BCUT2D eigenvalue weighted by Gasteiger charge is -2.02. The van der Waals surface area contributed by atoms with E-state index in [0.29, 0.717) is 0 Å². The molecule has 2 nitrogen and oxygen atoms in total. The largest absolute Gasteiger partial charge is 0.255 e. The van der Waals surface area contributed by atoms with Crippen molar-refractivity contribution < 1.29 is 0 Å². The Bertz CT molecular complexity index is 515. The zero-order valence-electron chi connectivity index (χ0n) is 8.22. The van der Waals surface area contributed by atoms with Crippen LogP contribution >= 0.6 is 0 Å². The summed E-state index contributed by atoms with van der Waals surface area (Å²) in [5.41, 5.74) is 4.26. The zero-order valence-corrected chi connectivity index (χ0v) is 8.22. The average Bonchev–Trinajstić information content (AvgIpc) is 2.77. The molecule has 0 fully saturated rings. The van der Waals surface area contributed by atoms with Crippen LogP contribution < -0.4 is 0 Å². The van der Waals surface area contributed by atoms with E-state index in [1.54, 1.807) is 6.20 Å². The van der Waals surface area contributed by atoms with Gasteiger partial charge in [-0.25, -0.2) is 4.98 Å². The molecule has 2 aromatic rings. The normalized spacial score (nSPS) is 12.8. The molecule has 0 saturated carbocycles. The molecular formula is C13H10N2. The highest BCUT2D eigenvalue weighted by Crippen LogP contribution is 2.21. The highest BCUT2D eigenvalue weighted by molar-refractivity contribution is 5.62. The number of rotatable bonds is 1. The van der Waals surface area contributed by atoms with Crippen LogP contribution in [0.25, 0.3) is 17.5 Å². The summed E-state index contributed by atoms with van der Waals surface area (Å²) in [7, 11) is 0. The van der Waals surface area contributed by atoms with Crippen LogP contribution in [0.5, 0.6) is 0 Å². The van der Waals surface area contributed by atoms with Gasteiger partial charge in [0.2, 0.25) is 0 Å². The molecule has 1 aliphatic rings. The SMILES string of the molecule is C1=Cc2nc(-c3ccccn3)ccc2C1. The first-order valence-electron chi connectivity index (χ1n) is 5.01. The van der Waals surface area contributed by atoms with Crippen molar-refractivity contribution in [3.63, 3.8) is 0 Å². The van der Waals surface area contributed by atoms with E-state index in [1.807, 2.05) is 24.3 Å². The second-order valence-corrected chi connectivity index (χ2v) is 3.56. The van der Waals surface area contributed by atoms with Gasteiger partial charge >= 0.3 is 0 Å². The van der Waals surface area contributed by atoms with Crippen LogP contribution in [0.3, 0.4) is 0 Å². The molecule has 0 spiro atoms. The summed E-state index contributed by atoms with van der Waals surface area (Å²) < 4.78 is 0. The molecule has 0 unspecified atom stereocenters. The Morgan fingerprint density at radius 3 is 2.87 bits per heavy atom. The lowest BCUT2D eigenvalue weighted by atomic mass is 10.1. The number of fused-ring (bicyclic) bond motifs is 1. The summed E-state index contributed by atoms with van der Waals surface area (Å²) in [6.07, 6.45) is 7.01. The van der Waals surface area contributed by atoms with Crippen LogP contribution in [-0.2, 0) is 6.42 Å². The first-order chi connectivity index (χ1) is 7.43. The lowest BCUT2D eigenvalue weighted by Crippen LogP contribution is -1.91. The second kappa shape index (κ2) is 3.31. The van der Waals surface area contributed by atoms with Gasteiger partial charge in [0.05, 0.1) is 17.1 Å². The van der Waals surface area contributed by atoms with E-state index in [-0.39, 0.29) is 0 Å². The minimum atomic E-state index is 0.931. The molecule has 15 heavy (non-hydrogen) atoms. The standard InChI is InChI=1S/C13H10N2/c1-2-9-14-12(5-1)13-8-7-10-4-3-6-11(10)15-13/h1-3,5-9H,4H2. The Labute approximate surface area is 88.3 Å². The van der Waals surface area contributed by atoms with E-state index in [9.17, 15) is 0 Å². The predicted octanol–water partition coefficient (Wildman–Crippen LogP) is 2.71. The van der Waals surface area contributed by atoms with Crippen LogP contribution in [0.1, 0.15) is 11.3 Å². The maximum Gasteiger partial charge on any atom is 0.0893 e. The fourth-order valence-corrected chi connectivity index (χ4v) is 1.78. The number of allylic oxidation sites excluding steroid dienone is 1. The molecule has 2 heterocycles. The Balaban J connectivity index is 2.11. The molecule has 0 bridgehead atoms. The molecule has 0 aliphatic heterocycles. The van der Waals surface area contributed by atoms with Gasteiger partial charge in [-0.05, 0) is 36.3 Å². The van der Waals surface area contributed by atoms with E-state index in [0.717, 1.165) is 23.5 Å². The first-order valence-corrected chi connectivity index (χ1v) is 5.01. The van der Waals surface area contributed by atoms with Crippen molar-refractivity contribution in [2.75, 3.05) is 0 Å². The van der Waals surface area contributed by atoms with E-state index < -0.39 is 0 Å². The third-order valence-electron chi connectivity index (χ3n) is 2.55. The van der Waals surface area contributed by atoms with E-state index in [1.165, 1.54) is 5.56 Å². The van der Waals surface area contributed by atoms with Crippen molar-refractivity contribution in [1.29, 1.82) is 0 Å². The monoisotopic (exact) mass is 194 g/mol. The van der Waals surface area contributed by atoms with Gasteiger partial charge in [0.15, 0.2) is 0 Å². The topological polar surface area (TPSA) is 25.8 Å². The number of hydrogen-bond donors (Lipinski definition) is 0. The number of aromatic nitrogens is 2. The zero-order chi connectivity index (χ0) is 10.1. The van der Waals surface area contributed by atoms with Crippen molar-refractivity contribution in [1.82, 2.24) is 9.97 Å². The molecule has 0 N–H and O–H groups in total. The predicted molar refractivity (Wildman–Crippen MR) is 60.2 cm³/mol. The fourth-order valence-electron chi connectivity index (χ4n) is 1.78. The van der Waals surface area contributed by atoms with Crippen molar-refractivity contribution in [2.45, 2.75) is 6.42 Å².